The molecule has 0 bridgehead atoms. The summed E-state index contributed by atoms with van der Waals surface area (Å²) in [4.78, 5) is 28.6. The number of likely N-dealkylation sites (tertiary alicyclic amines) is 1. The number of aromatic nitrogens is 1. The van der Waals surface area contributed by atoms with Crippen LogP contribution in [-0.4, -0.2) is 46.1 Å². The molecule has 2 heterocycles. The lowest BCUT2D eigenvalue weighted by Gasteiger charge is -2.32. The van der Waals surface area contributed by atoms with Gasteiger partial charge >= 0.3 is 5.97 Å². The van der Waals surface area contributed by atoms with Crippen LogP contribution in [0.4, 0.5) is 8.78 Å². The highest BCUT2D eigenvalue weighted by atomic mass is 19.1. The lowest BCUT2D eigenvalue weighted by Crippen LogP contribution is -2.41. The van der Waals surface area contributed by atoms with Crippen molar-refractivity contribution in [3.63, 3.8) is 0 Å². The Kier molecular flexibility index (Phi) is 5.11. The molecule has 1 aliphatic heterocycles. The molecule has 8 heteroatoms. The van der Waals surface area contributed by atoms with Crippen molar-refractivity contribution in [3.8, 4) is 5.75 Å². The third-order valence-electron chi connectivity index (χ3n) is 4.15. The van der Waals surface area contributed by atoms with Crippen molar-refractivity contribution in [2.24, 2.45) is 0 Å². The van der Waals surface area contributed by atoms with Crippen molar-refractivity contribution >= 4 is 11.9 Å². The number of hydrogen-bond acceptors (Lipinski definition) is 4. The van der Waals surface area contributed by atoms with E-state index < -0.39 is 17.6 Å². The molecule has 0 saturated carbocycles. The summed E-state index contributed by atoms with van der Waals surface area (Å²) < 4.78 is 32.1. The number of nitrogens with zero attached hydrogens (tertiary/aromatic N) is 2. The summed E-state index contributed by atoms with van der Waals surface area (Å²) in [7, 11) is 0. The van der Waals surface area contributed by atoms with Gasteiger partial charge in [0.2, 0.25) is 0 Å². The van der Waals surface area contributed by atoms with Gasteiger partial charge in [-0.25, -0.2) is 18.6 Å². The number of carbonyl (C=O) groups excluding carboxylic acids is 1. The Labute approximate surface area is 148 Å². The highest BCUT2D eigenvalue weighted by Gasteiger charge is 2.25. The number of rotatable bonds is 4. The number of pyridine rings is 1. The van der Waals surface area contributed by atoms with Gasteiger partial charge in [-0.05, 0) is 24.3 Å². The quantitative estimate of drug-likeness (QED) is 0.905. The molecule has 3 rings (SSSR count). The fraction of sp³-hybridized carbons (Fsp3) is 0.278. The summed E-state index contributed by atoms with van der Waals surface area (Å²) in [5.41, 5.74) is 0.175. The van der Waals surface area contributed by atoms with Crippen LogP contribution in [-0.2, 0) is 0 Å². The van der Waals surface area contributed by atoms with E-state index in [0.29, 0.717) is 31.5 Å². The monoisotopic (exact) mass is 362 g/mol. The molecule has 1 aromatic carbocycles. The molecule has 6 nitrogen and oxygen atoms in total. The first-order chi connectivity index (χ1) is 12.4. The van der Waals surface area contributed by atoms with Crippen LogP contribution >= 0.6 is 0 Å². The van der Waals surface area contributed by atoms with Crippen molar-refractivity contribution in [3.05, 3.63) is 59.4 Å². The van der Waals surface area contributed by atoms with Gasteiger partial charge in [0.25, 0.3) is 5.91 Å². The van der Waals surface area contributed by atoms with E-state index in [1.54, 1.807) is 4.90 Å². The summed E-state index contributed by atoms with van der Waals surface area (Å²) in [6.07, 6.45) is 1.97. The molecule has 26 heavy (non-hydrogen) atoms. The predicted molar refractivity (Wildman–Crippen MR) is 87.1 cm³/mol. The van der Waals surface area contributed by atoms with Crippen molar-refractivity contribution in [1.82, 2.24) is 9.88 Å². The Morgan fingerprint density at radius 1 is 1.15 bits per heavy atom. The zero-order valence-electron chi connectivity index (χ0n) is 13.7. The van der Waals surface area contributed by atoms with Gasteiger partial charge in [-0.15, -0.1) is 0 Å². The number of halogens is 2. The van der Waals surface area contributed by atoms with E-state index in [1.807, 2.05) is 0 Å². The van der Waals surface area contributed by atoms with E-state index in [1.165, 1.54) is 24.4 Å². The Hall–Kier alpha value is -3.03. The van der Waals surface area contributed by atoms with Crippen LogP contribution in [0.25, 0.3) is 0 Å². The molecule has 0 atom stereocenters. The summed E-state index contributed by atoms with van der Waals surface area (Å²) in [6, 6.07) is 5.85. The standard InChI is InChI=1S/C18H16F2N2O4/c19-12-2-4-16(14(20)9-12)26-13-5-7-22(8-6-13)17(23)11-1-3-15(18(24)25)21-10-11/h1-4,9-10,13H,5-8H2,(H,24,25). The van der Waals surface area contributed by atoms with Gasteiger partial charge in [0.05, 0.1) is 5.56 Å². The van der Waals surface area contributed by atoms with Gasteiger partial charge in [0.1, 0.15) is 17.6 Å². The zero-order valence-corrected chi connectivity index (χ0v) is 13.7. The number of carboxylic acids is 1. The summed E-state index contributed by atoms with van der Waals surface area (Å²) in [6.45, 7) is 0.819. The van der Waals surface area contributed by atoms with Crippen LogP contribution in [0.1, 0.15) is 33.7 Å². The molecule has 1 amide bonds. The minimum absolute atomic E-state index is 0.00960. The first-order valence-corrected chi connectivity index (χ1v) is 8.04. The molecular formula is C18H16F2N2O4. The first kappa shape index (κ1) is 17.8. The normalized spacial score (nSPS) is 14.9. The van der Waals surface area contributed by atoms with Gasteiger partial charge in [0.15, 0.2) is 11.6 Å². The molecule has 0 spiro atoms. The smallest absolute Gasteiger partial charge is 0.354 e. The third-order valence-corrected chi connectivity index (χ3v) is 4.15. The number of carbonyl (C=O) groups is 2. The topological polar surface area (TPSA) is 79.7 Å². The Balaban J connectivity index is 1.57. The molecule has 2 aromatic rings. The average molecular weight is 362 g/mol. The summed E-state index contributed by atoms with van der Waals surface area (Å²) in [5, 5.41) is 8.83. The fourth-order valence-corrected chi connectivity index (χ4v) is 2.76. The molecule has 1 aromatic heterocycles. The second-order valence-electron chi connectivity index (χ2n) is 5.92. The van der Waals surface area contributed by atoms with Crippen molar-refractivity contribution in [2.45, 2.75) is 18.9 Å². The molecule has 0 radical (unpaired) electrons. The summed E-state index contributed by atoms with van der Waals surface area (Å²) >= 11 is 0. The van der Waals surface area contributed by atoms with E-state index in [2.05, 4.69) is 4.98 Å². The summed E-state index contributed by atoms with van der Waals surface area (Å²) in [5.74, 6) is -2.84. The molecule has 1 saturated heterocycles. The lowest BCUT2D eigenvalue weighted by molar-refractivity contribution is 0.0585. The highest BCUT2D eigenvalue weighted by molar-refractivity contribution is 5.95. The number of hydrogen-bond donors (Lipinski definition) is 1. The van der Waals surface area contributed by atoms with Gasteiger partial charge in [-0.2, -0.15) is 0 Å². The largest absolute Gasteiger partial charge is 0.487 e. The highest BCUT2D eigenvalue weighted by Crippen LogP contribution is 2.23. The van der Waals surface area contributed by atoms with Crippen LogP contribution in [0.3, 0.4) is 0 Å². The van der Waals surface area contributed by atoms with E-state index in [9.17, 15) is 18.4 Å². The van der Waals surface area contributed by atoms with Crippen molar-refractivity contribution < 1.29 is 28.2 Å². The number of carboxylic acid groups (broad SMARTS) is 1. The Bertz CT molecular complexity index is 818. The number of amides is 1. The third kappa shape index (κ3) is 3.96. The molecule has 1 N–H and O–H groups in total. The fourth-order valence-electron chi connectivity index (χ4n) is 2.76. The van der Waals surface area contributed by atoms with E-state index >= 15 is 0 Å². The number of benzene rings is 1. The maximum Gasteiger partial charge on any atom is 0.354 e. The van der Waals surface area contributed by atoms with E-state index in [4.69, 9.17) is 9.84 Å². The van der Waals surface area contributed by atoms with Crippen molar-refractivity contribution in [2.75, 3.05) is 13.1 Å². The predicted octanol–water partition coefficient (Wildman–Crippen LogP) is 2.74. The maximum absolute atomic E-state index is 13.6. The molecule has 0 aliphatic carbocycles. The van der Waals surface area contributed by atoms with Gasteiger partial charge in [0, 0.05) is 38.2 Å². The van der Waals surface area contributed by atoms with Crippen LogP contribution < -0.4 is 4.74 Å². The molecule has 0 unspecified atom stereocenters. The minimum atomic E-state index is -1.16. The molecular weight excluding hydrogens is 346 g/mol. The second kappa shape index (κ2) is 7.47. The van der Waals surface area contributed by atoms with Gasteiger partial charge in [-0.3, -0.25) is 4.79 Å². The first-order valence-electron chi connectivity index (χ1n) is 8.04. The van der Waals surface area contributed by atoms with E-state index in [0.717, 1.165) is 12.1 Å². The second-order valence-corrected chi connectivity index (χ2v) is 5.92. The Morgan fingerprint density at radius 3 is 2.46 bits per heavy atom. The van der Waals surface area contributed by atoms with Crippen LogP contribution in [0.5, 0.6) is 5.75 Å². The van der Waals surface area contributed by atoms with E-state index in [-0.39, 0.29) is 23.5 Å². The average Bonchev–Trinajstić information content (AvgIpc) is 2.64. The van der Waals surface area contributed by atoms with Crippen molar-refractivity contribution in [1.29, 1.82) is 0 Å². The lowest BCUT2D eigenvalue weighted by atomic mass is 10.1. The SMILES string of the molecule is O=C(O)c1ccc(C(=O)N2CCC(Oc3ccc(F)cc3F)CC2)cn1. The van der Waals surface area contributed by atoms with Crippen LogP contribution in [0.2, 0.25) is 0 Å². The molecule has 136 valence electrons. The maximum atomic E-state index is 13.6. The number of ether oxygens (including phenoxy) is 1. The van der Waals surface area contributed by atoms with Gasteiger partial charge in [-0.1, -0.05) is 0 Å². The zero-order chi connectivity index (χ0) is 18.7. The number of aromatic carboxylic acids is 1. The number of piperidine rings is 1. The minimum Gasteiger partial charge on any atom is -0.487 e. The molecule has 1 aliphatic rings. The molecule has 1 fully saturated rings. The van der Waals surface area contributed by atoms with Crippen LogP contribution in [0, 0.1) is 11.6 Å². The van der Waals surface area contributed by atoms with Crippen LogP contribution in [0.15, 0.2) is 36.5 Å². The van der Waals surface area contributed by atoms with Gasteiger partial charge < -0.3 is 14.7 Å². The Morgan fingerprint density at radius 2 is 1.88 bits per heavy atom.